The van der Waals surface area contributed by atoms with Crippen molar-refractivity contribution in [3.05, 3.63) is 72.3 Å². The number of carbonyl (C=O) groups excluding carboxylic acids is 1. The third-order valence-electron chi connectivity index (χ3n) is 3.47. The second kappa shape index (κ2) is 10.6. The number of amides is 1. The van der Waals surface area contributed by atoms with Crippen LogP contribution in [0.3, 0.4) is 0 Å². The number of ether oxygens (including phenoxy) is 2. The molecule has 1 atom stereocenters. The molecule has 0 heterocycles. The number of para-hydroxylation sites is 1. The molecule has 0 fully saturated rings. The van der Waals surface area contributed by atoms with Crippen molar-refractivity contribution < 1.29 is 29.3 Å². The lowest BCUT2D eigenvalue weighted by Gasteiger charge is -2.18. The zero-order valence-electron chi connectivity index (χ0n) is 14.6. The van der Waals surface area contributed by atoms with Crippen LogP contribution in [0.1, 0.15) is 18.1 Å². The molecular formula is C20H21NO6. The Morgan fingerprint density at radius 3 is 2.59 bits per heavy atom. The maximum Gasteiger partial charge on any atom is 0.412 e. The molecule has 0 aromatic heterocycles. The van der Waals surface area contributed by atoms with Crippen LogP contribution < -0.4 is 10.1 Å². The van der Waals surface area contributed by atoms with E-state index in [1.165, 1.54) is 6.08 Å². The molecular weight excluding hydrogens is 350 g/mol. The zero-order chi connectivity index (χ0) is 19.5. The molecule has 0 saturated carbocycles. The summed E-state index contributed by atoms with van der Waals surface area (Å²) in [5.41, 5.74) is 1.23. The highest BCUT2D eigenvalue weighted by Crippen LogP contribution is 2.26. The molecule has 7 nitrogen and oxygen atoms in total. The van der Waals surface area contributed by atoms with Gasteiger partial charge in [0, 0.05) is 18.2 Å². The van der Waals surface area contributed by atoms with E-state index in [0.717, 1.165) is 6.08 Å². The van der Waals surface area contributed by atoms with E-state index < -0.39 is 18.2 Å². The Bertz CT molecular complexity index is 775. The first-order valence-corrected chi connectivity index (χ1v) is 8.34. The van der Waals surface area contributed by atoms with Crippen molar-refractivity contribution in [3.8, 4) is 5.75 Å². The molecule has 0 bridgehead atoms. The van der Waals surface area contributed by atoms with Gasteiger partial charge in [0.1, 0.15) is 18.5 Å². The van der Waals surface area contributed by atoms with Gasteiger partial charge >= 0.3 is 12.1 Å². The lowest BCUT2D eigenvalue weighted by Crippen LogP contribution is -2.17. The van der Waals surface area contributed by atoms with E-state index in [0.29, 0.717) is 17.0 Å². The van der Waals surface area contributed by atoms with Crippen molar-refractivity contribution in [1.82, 2.24) is 0 Å². The summed E-state index contributed by atoms with van der Waals surface area (Å²) in [5, 5.41) is 20.3. The van der Waals surface area contributed by atoms with E-state index in [1.54, 1.807) is 48.5 Å². The lowest BCUT2D eigenvalue weighted by molar-refractivity contribution is -0.131. The molecule has 0 aliphatic heterocycles. The Labute approximate surface area is 156 Å². The summed E-state index contributed by atoms with van der Waals surface area (Å²) in [6.45, 7) is 0.0212. The number of nitrogens with one attached hydrogen (secondary N) is 1. The molecule has 7 heteroatoms. The molecule has 2 rings (SSSR count). The van der Waals surface area contributed by atoms with Crippen molar-refractivity contribution >= 4 is 17.7 Å². The maximum absolute atomic E-state index is 12.2. The number of carboxylic acid groups (broad SMARTS) is 1. The van der Waals surface area contributed by atoms with Gasteiger partial charge in [-0.15, -0.1) is 0 Å². The molecule has 0 radical (unpaired) electrons. The third-order valence-corrected chi connectivity index (χ3v) is 3.47. The average molecular weight is 371 g/mol. The number of hydrogen-bond donors (Lipinski definition) is 3. The molecule has 2 aromatic rings. The van der Waals surface area contributed by atoms with E-state index in [1.807, 2.05) is 6.07 Å². The minimum absolute atomic E-state index is 0.120. The van der Waals surface area contributed by atoms with Crippen molar-refractivity contribution in [2.24, 2.45) is 0 Å². The molecule has 142 valence electrons. The van der Waals surface area contributed by atoms with Gasteiger partial charge in [0.25, 0.3) is 0 Å². The van der Waals surface area contributed by atoms with Crippen LogP contribution in [0.5, 0.6) is 5.75 Å². The normalized spacial score (nSPS) is 11.7. The summed E-state index contributed by atoms with van der Waals surface area (Å²) in [7, 11) is 0. The van der Waals surface area contributed by atoms with E-state index in [9.17, 15) is 9.59 Å². The summed E-state index contributed by atoms with van der Waals surface area (Å²) in [6, 6.07) is 15.7. The number of aliphatic hydroxyl groups excluding tert-OH is 1. The van der Waals surface area contributed by atoms with Crippen LogP contribution in [0.25, 0.3) is 0 Å². The number of rotatable bonds is 9. The summed E-state index contributed by atoms with van der Waals surface area (Å²) in [4.78, 5) is 22.9. The van der Waals surface area contributed by atoms with Gasteiger partial charge in [0.15, 0.2) is 0 Å². The quantitative estimate of drug-likeness (QED) is 0.584. The first kappa shape index (κ1) is 20.0. The summed E-state index contributed by atoms with van der Waals surface area (Å²) in [6.07, 6.45) is 1.23. The fourth-order valence-corrected chi connectivity index (χ4v) is 2.31. The predicted molar refractivity (Wildman–Crippen MR) is 99.7 cm³/mol. The van der Waals surface area contributed by atoms with Crippen LogP contribution in [0.15, 0.2) is 66.7 Å². The Kier molecular flexibility index (Phi) is 7.87. The molecule has 2 aromatic carbocycles. The van der Waals surface area contributed by atoms with Crippen LogP contribution in [0, 0.1) is 0 Å². The third kappa shape index (κ3) is 7.21. The van der Waals surface area contributed by atoms with Crippen LogP contribution in [0.4, 0.5) is 10.5 Å². The van der Waals surface area contributed by atoms with Crippen LogP contribution in [-0.4, -0.2) is 35.5 Å². The number of carboxylic acids is 1. The topological polar surface area (TPSA) is 105 Å². The zero-order valence-corrected chi connectivity index (χ0v) is 14.6. The molecule has 0 unspecified atom stereocenters. The SMILES string of the molecule is O=C(O)/C=C/C[C@H](OC(=O)Nc1ccccc1)c1cccc(OCCO)c1. The van der Waals surface area contributed by atoms with Gasteiger partial charge in [-0.1, -0.05) is 36.4 Å². The number of aliphatic hydroxyl groups is 1. The minimum atomic E-state index is -1.08. The second-order valence-corrected chi connectivity index (χ2v) is 5.51. The molecule has 0 spiro atoms. The number of carbonyl (C=O) groups is 2. The fraction of sp³-hybridized carbons (Fsp3) is 0.200. The van der Waals surface area contributed by atoms with Crippen LogP contribution in [0.2, 0.25) is 0 Å². The smallest absolute Gasteiger partial charge is 0.412 e. The van der Waals surface area contributed by atoms with Crippen molar-refractivity contribution in [1.29, 1.82) is 0 Å². The lowest BCUT2D eigenvalue weighted by atomic mass is 10.1. The molecule has 27 heavy (non-hydrogen) atoms. The summed E-state index contributed by atoms with van der Waals surface area (Å²) < 4.78 is 10.9. The number of anilines is 1. The van der Waals surface area contributed by atoms with Gasteiger partial charge < -0.3 is 19.7 Å². The minimum Gasteiger partial charge on any atom is -0.491 e. The number of aliphatic carboxylic acids is 1. The van der Waals surface area contributed by atoms with E-state index in [4.69, 9.17) is 19.7 Å². The Hall–Kier alpha value is -3.32. The van der Waals surface area contributed by atoms with Crippen molar-refractivity contribution in [2.75, 3.05) is 18.5 Å². The highest BCUT2D eigenvalue weighted by atomic mass is 16.6. The standard InChI is InChI=1S/C20H21NO6/c22-12-13-26-17-9-4-6-15(14-17)18(10-5-11-19(23)24)27-20(25)21-16-7-2-1-3-8-16/h1-9,11,14,18,22H,10,12-13H2,(H,21,25)(H,23,24)/b11-5+/t18-/m0/s1. The van der Waals surface area contributed by atoms with Crippen molar-refractivity contribution in [2.45, 2.75) is 12.5 Å². The Morgan fingerprint density at radius 1 is 1.11 bits per heavy atom. The average Bonchev–Trinajstić information content (AvgIpc) is 2.66. The van der Waals surface area contributed by atoms with Gasteiger partial charge in [-0.05, 0) is 29.8 Å². The van der Waals surface area contributed by atoms with E-state index in [-0.39, 0.29) is 19.6 Å². The first-order chi connectivity index (χ1) is 13.1. The van der Waals surface area contributed by atoms with E-state index in [2.05, 4.69) is 5.32 Å². The van der Waals surface area contributed by atoms with Gasteiger partial charge in [0.05, 0.1) is 6.61 Å². The second-order valence-electron chi connectivity index (χ2n) is 5.51. The Balaban J connectivity index is 2.12. The molecule has 0 aliphatic rings. The molecule has 1 amide bonds. The number of hydrogen-bond acceptors (Lipinski definition) is 5. The highest BCUT2D eigenvalue weighted by Gasteiger charge is 2.17. The van der Waals surface area contributed by atoms with E-state index >= 15 is 0 Å². The van der Waals surface area contributed by atoms with Gasteiger partial charge in [0.2, 0.25) is 0 Å². The molecule has 3 N–H and O–H groups in total. The van der Waals surface area contributed by atoms with Gasteiger partial charge in [-0.2, -0.15) is 0 Å². The van der Waals surface area contributed by atoms with Crippen LogP contribution in [-0.2, 0) is 9.53 Å². The molecule has 0 saturated heterocycles. The molecule has 0 aliphatic carbocycles. The highest BCUT2D eigenvalue weighted by molar-refractivity contribution is 5.84. The maximum atomic E-state index is 12.2. The van der Waals surface area contributed by atoms with Crippen molar-refractivity contribution in [3.63, 3.8) is 0 Å². The van der Waals surface area contributed by atoms with Gasteiger partial charge in [-0.25, -0.2) is 9.59 Å². The first-order valence-electron chi connectivity index (χ1n) is 8.34. The summed E-state index contributed by atoms with van der Waals surface area (Å²) >= 11 is 0. The summed E-state index contributed by atoms with van der Waals surface area (Å²) in [5.74, 6) is -0.566. The fourth-order valence-electron chi connectivity index (χ4n) is 2.31. The Morgan fingerprint density at radius 2 is 1.89 bits per heavy atom. The monoisotopic (exact) mass is 371 g/mol. The van der Waals surface area contributed by atoms with Crippen LogP contribution >= 0.6 is 0 Å². The number of benzene rings is 2. The predicted octanol–water partition coefficient (Wildman–Crippen LogP) is 3.38. The van der Waals surface area contributed by atoms with Gasteiger partial charge in [-0.3, -0.25) is 5.32 Å². The largest absolute Gasteiger partial charge is 0.491 e.